The van der Waals surface area contributed by atoms with Gasteiger partial charge >= 0.3 is 17.1 Å². The van der Waals surface area contributed by atoms with Gasteiger partial charge in [-0.2, -0.15) is 0 Å². The first-order chi connectivity index (χ1) is 54.7. The summed E-state index contributed by atoms with van der Waals surface area (Å²) >= 11 is 0. The number of hydrogen-bond donors (Lipinski definition) is 6. The van der Waals surface area contributed by atoms with Crippen LogP contribution in [0.15, 0.2) is 102 Å². The van der Waals surface area contributed by atoms with Crippen LogP contribution in [0.5, 0.6) is 0 Å². The summed E-state index contributed by atoms with van der Waals surface area (Å²) in [4.78, 5) is 153. The molecule has 6 saturated heterocycles. The number of benzene rings is 4. The van der Waals surface area contributed by atoms with Crippen LogP contribution in [-0.4, -0.2) is 200 Å². The summed E-state index contributed by atoms with van der Waals surface area (Å²) in [7, 11) is -8.29. The van der Waals surface area contributed by atoms with E-state index in [9.17, 15) is 71.5 Å². The highest BCUT2D eigenvalue weighted by Gasteiger charge is 2.66. The molecule has 6 unspecified atom stereocenters. The van der Waals surface area contributed by atoms with E-state index < -0.39 is 129 Å². The van der Waals surface area contributed by atoms with E-state index in [4.69, 9.17) is 56.2 Å². The average Bonchev–Trinajstić information content (AvgIpc) is 1.64. The van der Waals surface area contributed by atoms with Crippen LogP contribution in [0.2, 0.25) is 0 Å². The second kappa shape index (κ2) is 37.2. The highest BCUT2D eigenvalue weighted by Crippen LogP contribution is 2.54. The zero-order chi connectivity index (χ0) is 82.8. The lowest BCUT2D eigenvalue weighted by Gasteiger charge is -2.32. The van der Waals surface area contributed by atoms with Crippen LogP contribution in [-0.2, 0) is 79.5 Å². The van der Waals surface area contributed by atoms with Gasteiger partial charge in [0.2, 0.25) is 11.8 Å². The minimum Gasteiger partial charge on any atom is -0.779 e. The fraction of sp³-hybridized carbons (Fsp3) is 0.513. The van der Waals surface area contributed by atoms with Gasteiger partial charge in [-0.3, -0.25) is 57.4 Å². The van der Waals surface area contributed by atoms with Gasteiger partial charge in [-0.15, -0.1) is 0 Å². The fourth-order valence-corrected chi connectivity index (χ4v) is 17.0. The third kappa shape index (κ3) is 20.4. The number of carbonyl (C=O) groups excluding carboxylic acids is 3. The molecule has 6 aliphatic rings. The third-order valence-electron chi connectivity index (χ3n) is 19.8. The second-order valence-corrected chi connectivity index (χ2v) is 33.9. The fourth-order valence-electron chi connectivity index (χ4n) is 14.8. The Kier molecular flexibility index (Phi) is 28.1. The molecular formula is C76H89N9O27P3-3. The first-order valence-corrected chi connectivity index (χ1v) is 43.0. The molecule has 4 aromatic carbocycles. The van der Waals surface area contributed by atoms with Crippen molar-refractivity contribution in [1.29, 1.82) is 0 Å². The number of aromatic amines is 3. The SMILES string of the molecule is CCCCCCCCCCCC(=O)NCC#Cc1cn([C@@H]2O[C@]3(COC)COC2[C@@H]3OP(C)(=O)[O-])c(=O)[nH]c1=O.COC[C@]12COC([C@H](n3cc(C#CCNC(=O)c4ccc5ccc6cccc7ccc4c5c67)c(=O)[nH]c3=O)O1)[C@@H]2OP(C)(=O)[O-].COC[C@]12COC([C@H](n3cc(C#CCNC(C)=O)c(=O)[nH]c3=O)O1)[C@@H]2OP(C)(=O)[O-]. The molecule has 115 heavy (non-hydrogen) atoms. The molecule has 618 valence electrons. The lowest BCUT2D eigenvalue weighted by Crippen LogP contribution is -2.46. The molecule has 0 saturated carbocycles. The van der Waals surface area contributed by atoms with Crippen LogP contribution in [0.4, 0.5) is 0 Å². The number of amides is 3. The quantitative estimate of drug-likeness (QED) is 0.0168. The molecule has 0 spiro atoms. The van der Waals surface area contributed by atoms with E-state index in [-0.39, 0.29) is 93.7 Å². The summed E-state index contributed by atoms with van der Waals surface area (Å²) in [6.07, 6.45) is 5.29. The lowest BCUT2D eigenvalue weighted by atomic mass is 9.92. The Morgan fingerprint density at radius 3 is 1.24 bits per heavy atom. The molecule has 6 aliphatic heterocycles. The largest absolute Gasteiger partial charge is 0.779 e. The van der Waals surface area contributed by atoms with Gasteiger partial charge in [-0.1, -0.05) is 142 Å². The van der Waals surface area contributed by atoms with Gasteiger partial charge in [0.15, 0.2) is 18.7 Å². The first-order valence-electron chi connectivity index (χ1n) is 37.0. The molecule has 0 aliphatic carbocycles. The number of methoxy groups -OCH3 is 3. The number of hydrogen-bond acceptors (Lipinski definition) is 27. The number of carbonyl (C=O) groups is 3. The number of fused-ring (bicyclic) bond motifs is 6. The van der Waals surface area contributed by atoms with Crippen molar-refractivity contribution in [3.8, 4) is 35.5 Å². The van der Waals surface area contributed by atoms with E-state index in [0.717, 1.165) is 85.3 Å². The number of nitrogens with zero attached hydrogens (tertiary/aromatic N) is 3. The Bertz CT molecular complexity index is 5480. The number of ether oxygens (including phenoxy) is 9. The standard InChI is InChI=1S/C32H28N3O9P.C27H42N3O9P.C17H22N3O9P/c1-41-16-32-17-42-26(27(32)44-45(2,39)40)30(43-32)35-15-21(28(36)34-31(35)38)7-4-14-33-29(37)23-13-11-20-9-8-18-5-3-6-19-10-12-22(23)25(20)24(18)19;1-4-5-6-7-8-9-10-11-12-15-21(31)28-16-13-14-20-17-30(26(33)29-24(20)32)25-22-23(39-40(3,34)35)27(38-25,18-36-2)19-37-22;1-10(21)18-6-4-5-11-7-20(16(23)19-14(11)22)15-12-13(29-30(3,24)25)17(28-15,8-26-2)9-27-12/h3,5-6,8-13,15,26-27,30H,14,16-17H2,1-2H3,(H,33,37)(H,39,40)(H,34,36,38);17,22-23,25H,4-12,15-16,18-19H2,1-3H3,(H,28,31)(H,34,35)(H,29,32,33);7,12-13,15H,6,8-9H2,1-3H3,(H,18,21)(H,24,25)(H,19,22,23)/p-3/t26?,27-,30+,32+;22?,23-,25+,27+;12?,13-,15+,17+/m000/s1. The number of unbranched alkanes of at least 4 members (excludes halogenated alkanes) is 8. The average molecular weight is 1650 g/mol. The minimum absolute atomic E-state index is 0.00809. The van der Waals surface area contributed by atoms with Crippen molar-refractivity contribution in [2.75, 3.05) is 101 Å². The Morgan fingerprint density at radius 1 is 0.504 bits per heavy atom. The van der Waals surface area contributed by atoms with Gasteiger partial charge in [-0.25, -0.2) is 14.4 Å². The summed E-state index contributed by atoms with van der Waals surface area (Å²) < 4.78 is 105. The molecule has 13 rings (SSSR count). The molecule has 6 bridgehead atoms. The molecule has 15 atom stereocenters. The van der Waals surface area contributed by atoms with Crippen molar-refractivity contribution < 1.29 is 99.0 Å². The number of nitrogens with one attached hydrogen (secondary N) is 6. The van der Waals surface area contributed by atoms with Gasteiger partial charge in [0.25, 0.3) is 22.6 Å². The maximum absolute atomic E-state index is 13.2. The predicted molar refractivity (Wildman–Crippen MR) is 409 cm³/mol. The topological polar surface area (TPSA) is 483 Å². The predicted octanol–water partition coefficient (Wildman–Crippen LogP) is 1.81. The number of H-pyrrole nitrogens is 3. The maximum atomic E-state index is 13.2. The minimum atomic E-state index is -4.21. The summed E-state index contributed by atoms with van der Waals surface area (Å²) in [5, 5.41) is 14.1. The molecule has 3 aromatic heterocycles. The zero-order valence-electron chi connectivity index (χ0n) is 64.3. The zero-order valence-corrected chi connectivity index (χ0v) is 66.9. The van der Waals surface area contributed by atoms with Crippen molar-refractivity contribution in [3.63, 3.8) is 0 Å². The number of rotatable bonds is 29. The van der Waals surface area contributed by atoms with Crippen LogP contribution in [0, 0.1) is 35.5 Å². The summed E-state index contributed by atoms with van der Waals surface area (Å²) in [6, 6.07) is 17.8. The molecular weight excluding hydrogens is 1560 g/mol. The lowest BCUT2D eigenvalue weighted by molar-refractivity contribution is -0.209. The second-order valence-electron chi connectivity index (χ2n) is 28.7. The third-order valence-corrected chi connectivity index (χ3v) is 21.6. The van der Waals surface area contributed by atoms with Crippen molar-refractivity contribution in [3.05, 3.63) is 158 Å². The van der Waals surface area contributed by atoms with E-state index in [1.165, 1.54) is 85.4 Å². The maximum Gasteiger partial charge on any atom is 0.330 e. The van der Waals surface area contributed by atoms with Gasteiger partial charge < -0.3 is 101 Å². The van der Waals surface area contributed by atoms with Gasteiger partial charge in [0, 0.05) is 78.8 Å². The molecule has 0 radical (unpaired) electrons. The highest BCUT2D eigenvalue weighted by molar-refractivity contribution is 7.51. The van der Waals surface area contributed by atoms with Crippen molar-refractivity contribution in [2.45, 2.75) is 150 Å². The van der Waals surface area contributed by atoms with E-state index >= 15 is 0 Å². The summed E-state index contributed by atoms with van der Waals surface area (Å²) in [5.41, 5.74) is -7.93. The normalized spacial score (nSPS) is 25.5. The molecule has 36 nitrogen and oxygen atoms in total. The van der Waals surface area contributed by atoms with Crippen LogP contribution < -0.4 is 64.4 Å². The van der Waals surface area contributed by atoms with Gasteiger partial charge in [0.1, 0.15) is 92.9 Å². The van der Waals surface area contributed by atoms with Crippen molar-refractivity contribution in [1.82, 2.24) is 44.6 Å². The van der Waals surface area contributed by atoms with Crippen LogP contribution in [0.1, 0.15) is 124 Å². The first kappa shape index (κ1) is 87.0. The Hall–Kier alpha value is -8.86. The Labute approximate surface area is 657 Å². The molecule has 6 fully saturated rings. The Morgan fingerprint density at radius 2 is 0.861 bits per heavy atom. The van der Waals surface area contributed by atoms with Crippen LogP contribution >= 0.6 is 22.8 Å². The molecule has 39 heteroatoms. The monoisotopic (exact) mass is 1650 g/mol. The summed E-state index contributed by atoms with van der Waals surface area (Å²) in [5.74, 6) is 15.3. The molecule has 3 amide bonds. The number of aromatic nitrogens is 6. The van der Waals surface area contributed by atoms with E-state index in [2.05, 4.69) is 79.4 Å². The van der Waals surface area contributed by atoms with E-state index in [0.29, 0.717) is 12.0 Å². The molecule has 9 heterocycles. The van der Waals surface area contributed by atoms with E-state index in [1.807, 2.05) is 42.5 Å². The van der Waals surface area contributed by atoms with E-state index in [1.54, 1.807) is 6.07 Å². The Balaban J connectivity index is 0.000000173. The van der Waals surface area contributed by atoms with Gasteiger partial charge in [0.05, 0.1) is 59.3 Å². The summed E-state index contributed by atoms with van der Waals surface area (Å²) in [6.45, 7) is 6.20. The van der Waals surface area contributed by atoms with Gasteiger partial charge in [-0.05, 0) is 44.8 Å². The van der Waals surface area contributed by atoms with Crippen LogP contribution in [0.3, 0.4) is 0 Å². The van der Waals surface area contributed by atoms with Crippen LogP contribution in [0.25, 0.3) is 32.3 Å². The smallest absolute Gasteiger partial charge is 0.330 e. The van der Waals surface area contributed by atoms with Crippen molar-refractivity contribution >= 4 is 72.8 Å². The van der Waals surface area contributed by atoms with Crippen molar-refractivity contribution in [2.24, 2.45) is 0 Å². The molecule has 6 N–H and O–H groups in total. The highest BCUT2D eigenvalue weighted by atomic mass is 31.2. The molecule has 7 aromatic rings.